The van der Waals surface area contributed by atoms with E-state index in [0.717, 1.165) is 11.4 Å². The highest BCUT2D eigenvalue weighted by atomic mass is 19.1. The highest BCUT2D eigenvalue weighted by Crippen LogP contribution is 2.11. The van der Waals surface area contributed by atoms with Gasteiger partial charge in [0.15, 0.2) is 0 Å². The van der Waals surface area contributed by atoms with Crippen LogP contribution >= 0.6 is 0 Å². The number of aromatic nitrogens is 2. The predicted molar refractivity (Wildman–Crippen MR) is 71.5 cm³/mol. The zero-order valence-corrected chi connectivity index (χ0v) is 10.8. The van der Waals surface area contributed by atoms with Gasteiger partial charge in [-0.15, -0.1) is 0 Å². The topological polar surface area (TPSA) is 59.0 Å². The lowest BCUT2D eigenvalue weighted by Gasteiger charge is -2.06. The minimum Gasteiger partial charge on any atom is -0.373 e. The summed E-state index contributed by atoms with van der Waals surface area (Å²) in [6.45, 7) is 1.95. The molecule has 19 heavy (non-hydrogen) atoms. The Morgan fingerprint density at radius 1 is 1.47 bits per heavy atom. The number of hydrogen-bond acceptors (Lipinski definition) is 3. The van der Waals surface area contributed by atoms with Crippen molar-refractivity contribution in [3.63, 3.8) is 0 Å². The number of carbonyl (C=O) groups is 1. The monoisotopic (exact) mass is 262 g/mol. The molecule has 100 valence electrons. The van der Waals surface area contributed by atoms with Crippen molar-refractivity contribution in [2.24, 2.45) is 7.05 Å². The number of benzene rings is 1. The molecule has 0 aliphatic rings. The summed E-state index contributed by atoms with van der Waals surface area (Å²) in [7, 11) is 1.81. The van der Waals surface area contributed by atoms with Gasteiger partial charge in [-0.25, -0.2) is 4.39 Å². The molecule has 6 heteroatoms. The van der Waals surface area contributed by atoms with Crippen molar-refractivity contribution in [2.75, 3.05) is 17.2 Å². The van der Waals surface area contributed by atoms with Crippen molar-refractivity contribution >= 4 is 17.3 Å². The molecule has 2 rings (SSSR count). The van der Waals surface area contributed by atoms with Crippen LogP contribution < -0.4 is 10.6 Å². The van der Waals surface area contributed by atoms with Crippen LogP contribution in [0, 0.1) is 12.7 Å². The molecule has 0 fully saturated rings. The van der Waals surface area contributed by atoms with Crippen molar-refractivity contribution in [2.45, 2.75) is 6.92 Å². The van der Waals surface area contributed by atoms with Crippen LogP contribution in [0.15, 0.2) is 30.5 Å². The van der Waals surface area contributed by atoms with E-state index in [4.69, 9.17) is 0 Å². The summed E-state index contributed by atoms with van der Waals surface area (Å²) in [5.41, 5.74) is 2.06. The van der Waals surface area contributed by atoms with Gasteiger partial charge >= 0.3 is 0 Å². The van der Waals surface area contributed by atoms with Crippen LogP contribution in [0.1, 0.15) is 5.69 Å². The highest BCUT2D eigenvalue weighted by Gasteiger charge is 2.06. The Kier molecular flexibility index (Phi) is 3.79. The Morgan fingerprint density at radius 2 is 2.26 bits per heavy atom. The number of nitrogens with one attached hydrogen (secondary N) is 2. The smallest absolute Gasteiger partial charge is 0.243 e. The van der Waals surface area contributed by atoms with Crippen LogP contribution in [0.3, 0.4) is 0 Å². The molecule has 0 atom stereocenters. The van der Waals surface area contributed by atoms with Gasteiger partial charge in [0.1, 0.15) is 5.82 Å². The molecule has 1 aromatic carbocycles. The van der Waals surface area contributed by atoms with Crippen LogP contribution in [-0.4, -0.2) is 22.2 Å². The third kappa shape index (κ3) is 3.54. The average Bonchev–Trinajstić information content (AvgIpc) is 2.65. The third-order valence-corrected chi connectivity index (χ3v) is 2.56. The molecule has 1 heterocycles. The quantitative estimate of drug-likeness (QED) is 0.885. The van der Waals surface area contributed by atoms with Crippen molar-refractivity contribution in [1.29, 1.82) is 0 Å². The largest absolute Gasteiger partial charge is 0.373 e. The lowest BCUT2D eigenvalue weighted by molar-refractivity contribution is -0.114. The van der Waals surface area contributed by atoms with Gasteiger partial charge in [-0.05, 0) is 25.1 Å². The molecule has 0 saturated heterocycles. The summed E-state index contributed by atoms with van der Waals surface area (Å²) in [5.74, 6) is -0.622. The lowest BCUT2D eigenvalue weighted by atomic mass is 10.3. The first kappa shape index (κ1) is 13.1. The maximum absolute atomic E-state index is 12.9. The van der Waals surface area contributed by atoms with Crippen LogP contribution in [0.5, 0.6) is 0 Å². The zero-order valence-electron chi connectivity index (χ0n) is 10.8. The molecule has 2 N–H and O–H groups in total. The molecule has 0 bridgehead atoms. The van der Waals surface area contributed by atoms with Gasteiger partial charge in [0.25, 0.3) is 0 Å². The molecule has 0 aliphatic carbocycles. The van der Waals surface area contributed by atoms with Crippen molar-refractivity contribution < 1.29 is 9.18 Å². The third-order valence-electron chi connectivity index (χ3n) is 2.56. The van der Waals surface area contributed by atoms with Crippen molar-refractivity contribution in [1.82, 2.24) is 9.78 Å². The summed E-state index contributed by atoms with van der Waals surface area (Å²) in [5, 5.41) is 9.75. The minimum atomic E-state index is -0.381. The molecule has 5 nitrogen and oxygen atoms in total. The number of rotatable bonds is 4. The molecule has 1 amide bonds. The van der Waals surface area contributed by atoms with Gasteiger partial charge in [-0.3, -0.25) is 9.48 Å². The zero-order chi connectivity index (χ0) is 13.8. The molecular weight excluding hydrogens is 247 g/mol. The standard InChI is InChI=1S/C13H15FN4O/c1-9-12(8-18(2)17-9)15-7-13(19)16-11-5-3-4-10(14)6-11/h3-6,8,15H,7H2,1-2H3,(H,16,19). The van der Waals surface area contributed by atoms with E-state index in [1.54, 1.807) is 23.0 Å². The number of hydrogen-bond donors (Lipinski definition) is 2. The molecule has 0 unspecified atom stereocenters. The number of anilines is 2. The number of aryl methyl sites for hydroxylation is 2. The fraction of sp³-hybridized carbons (Fsp3) is 0.231. The van der Waals surface area contributed by atoms with Gasteiger partial charge in [0.05, 0.1) is 17.9 Å². The lowest BCUT2D eigenvalue weighted by Crippen LogP contribution is -2.21. The normalized spacial score (nSPS) is 10.3. The maximum atomic E-state index is 12.9. The summed E-state index contributed by atoms with van der Waals surface area (Å²) >= 11 is 0. The van der Waals surface area contributed by atoms with E-state index >= 15 is 0 Å². The predicted octanol–water partition coefficient (Wildman–Crippen LogP) is 1.92. The second-order valence-electron chi connectivity index (χ2n) is 4.21. The van der Waals surface area contributed by atoms with Gasteiger partial charge in [0, 0.05) is 18.9 Å². The Balaban J connectivity index is 1.90. The van der Waals surface area contributed by atoms with E-state index in [1.165, 1.54) is 12.1 Å². The summed E-state index contributed by atoms with van der Waals surface area (Å²) in [4.78, 5) is 11.7. The summed E-state index contributed by atoms with van der Waals surface area (Å²) in [6.07, 6.45) is 1.80. The fourth-order valence-corrected chi connectivity index (χ4v) is 1.72. The van der Waals surface area contributed by atoms with Crippen LogP contribution in [0.4, 0.5) is 15.8 Å². The Bertz CT molecular complexity index is 594. The van der Waals surface area contributed by atoms with Crippen molar-refractivity contribution in [3.8, 4) is 0 Å². The first-order valence-corrected chi connectivity index (χ1v) is 5.84. The van der Waals surface area contributed by atoms with E-state index in [1.807, 2.05) is 14.0 Å². The Morgan fingerprint density at radius 3 is 2.89 bits per heavy atom. The second kappa shape index (κ2) is 5.51. The number of halogens is 1. The van der Waals surface area contributed by atoms with Gasteiger partial charge < -0.3 is 10.6 Å². The van der Waals surface area contributed by atoms with E-state index < -0.39 is 0 Å². The Hall–Kier alpha value is -2.37. The van der Waals surface area contributed by atoms with E-state index in [-0.39, 0.29) is 18.3 Å². The van der Waals surface area contributed by atoms with E-state index in [9.17, 15) is 9.18 Å². The molecule has 1 aromatic heterocycles. The van der Waals surface area contributed by atoms with Crippen molar-refractivity contribution in [3.05, 3.63) is 42.0 Å². The fourth-order valence-electron chi connectivity index (χ4n) is 1.72. The maximum Gasteiger partial charge on any atom is 0.243 e. The number of nitrogens with zero attached hydrogens (tertiary/aromatic N) is 2. The van der Waals surface area contributed by atoms with E-state index in [0.29, 0.717) is 5.69 Å². The molecule has 0 saturated carbocycles. The summed E-state index contributed by atoms with van der Waals surface area (Å²) in [6, 6.07) is 5.78. The molecule has 0 spiro atoms. The van der Waals surface area contributed by atoms with Gasteiger partial charge in [-0.2, -0.15) is 5.10 Å². The molecule has 2 aromatic rings. The number of amides is 1. The molecule has 0 aliphatic heterocycles. The van der Waals surface area contributed by atoms with Gasteiger partial charge in [-0.1, -0.05) is 6.07 Å². The Labute approximate surface area is 110 Å². The first-order chi connectivity index (χ1) is 9.04. The van der Waals surface area contributed by atoms with Crippen LogP contribution in [0.25, 0.3) is 0 Å². The number of carbonyl (C=O) groups excluding carboxylic acids is 1. The minimum absolute atomic E-state index is 0.100. The van der Waals surface area contributed by atoms with Gasteiger partial charge in [0.2, 0.25) is 5.91 Å². The highest BCUT2D eigenvalue weighted by molar-refractivity contribution is 5.93. The average molecular weight is 262 g/mol. The van der Waals surface area contributed by atoms with Crippen LogP contribution in [-0.2, 0) is 11.8 Å². The molecule has 0 radical (unpaired) electrons. The summed E-state index contributed by atoms with van der Waals surface area (Å²) < 4.78 is 14.6. The van der Waals surface area contributed by atoms with Crippen LogP contribution in [0.2, 0.25) is 0 Å². The SMILES string of the molecule is Cc1nn(C)cc1NCC(=O)Nc1cccc(F)c1. The first-order valence-electron chi connectivity index (χ1n) is 5.84. The molecular formula is C13H15FN4O. The second-order valence-corrected chi connectivity index (χ2v) is 4.21. The van der Waals surface area contributed by atoms with E-state index in [2.05, 4.69) is 15.7 Å².